The van der Waals surface area contributed by atoms with Crippen molar-refractivity contribution in [3.63, 3.8) is 0 Å². The van der Waals surface area contributed by atoms with E-state index in [9.17, 15) is 44.1 Å². The van der Waals surface area contributed by atoms with E-state index in [0.29, 0.717) is 0 Å². The Hall–Kier alpha value is -2.88. The van der Waals surface area contributed by atoms with E-state index in [1.807, 2.05) is 0 Å². The third-order valence-corrected chi connectivity index (χ3v) is 9.39. The van der Waals surface area contributed by atoms with Gasteiger partial charge in [-0.2, -0.15) is 0 Å². The van der Waals surface area contributed by atoms with Crippen molar-refractivity contribution in [1.82, 2.24) is 24.4 Å². The Labute approximate surface area is 247 Å². The van der Waals surface area contributed by atoms with Crippen molar-refractivity contribution in [1.29, 1.82) is 0 Å². The van der Waals surface area contributed by atoms with Crippen LogP contribution in [0.2, 0.25) is 0 Å². The molecule has 8 N–H and O–H groups in total. The van der Waals surface area contributed by atoms with Gasteiger partial charge in [-0.05, 0) is 6.42 Å². The lowest BCUT2D eigenvalue weighted by Crippen LogP contribution is -2.40. The Kier molecular flexibility index (Phi) is 9.23. The second-order valence-electron chi connectivity index (χ2n) is 9.80. The number of aliphatic hydroxyl groups is 4. The largest absolute Gasteiger partial charge is 0.756 e. The number of nitrogen functional groups attached to an aromatic ring is 1. The molecule has 5 heterocycles. The first-order chi connectivity index (χ1) is 20.7. The number of nitrogens with two attached hydrogens (primary N) is 2. The number of hydrogen-bond acceptors (Lipinski definition) is 19. The molecule has 3 aliphatic rings. The maximum Gasteiger partial charge on any atom is 0.274 e. The maximum absolute atomic E-state index is 12.3. The smallest absolute Gasteiger partial charge is 0.274 e. The third kappa shape index (κ3) is 6.70. The lowest BCUT2D eigenvalue weighted by atomic mass is 10.1. The number of aromatic nitrogens is 4. The molecular formula is C21H27N7O14P2-2. The molecule has 3 aliphatic heterocycles. The molecule has 1 amide bonds. The van der Waals surface area contributed by atoms with Crippen LogP contribution in [0.5, 0.6) is 0 Å². The van der Waals surface area contributed by atoms with Crippen LogP contribution in [0.3, 0.4) is 0 Å². The highest BCUT2D eigenvalue weighted by Crippen LogP contribution is 2.56. The van der Waals surface area contributed by atoms with Gasteiger partial charge in [0.05, 0.1) is 19.5 Å². The molecule has 44 heavy (non-hydrogen) atoms. The van der Waals surface area contributed by atoms with Gasteiger partial charge in [-0.25, -0.2) is 19.3 Å². The molecule has 0 radical (unpaired) electrons. The summed E-state index contributed by atoms with van der Waals surface area (Å²) >= 11 is 0. The number of fused-ring (bicyclic) bond motifs is 1. The van der Waals surface area contributed by atoms with Crippen LogP contribution in [0.25, 0.3) is 11.2 Å². The summed E-state index contributed by atoms with van der Waals surface area (Å²) in [5.41, 5.74) is 11.5. The van der Waals surface area contributed by atoms with Crippen molar-refractivity contribution >= 4 is 38.5 Å². The minimum Gasteiger partial charge on any atom is -0.756 e. The third-order valence-electron chi connectivity index (χ3n) is 6.86. The Bertz CT molecular complexity index is 1560. The minimum atomic E-state index is -5.68. The van der Waals surface area contributed by atoms with Gasteiger partial charge in [-0.15, -0.1) is 0 Å². The summed E-state index contributed by atoms with van der Waals surface area (Å²) in [5.74, 6) is -0.686. The topological polar surface area (TPSA) is 323 Å². The molecule has 10 atom stereocenters. The number of amides is 1. The van der Waals surface area contributed by atoms with E-state index in [0.717, 1.165) is 6.33 Å². The first kappa shape index (κ1) is 32.5. The highest BCUT2D eigenvalue weighted by Gasteiger charge is 2.47. The molecule has 242 valence electrons. The zero-order chi connectivity index (χ0) is 32.0. The molecule has 0 spiro atoms. The molecule has 21 nitrogen and oxygen atoms in total. The van der Waals surface area contributed by atoms with E-state index in [2.05, 4.69) is 28.3 Å². The van der Waals surface area contributed by atoms with Gasteiger partial charge < -0.3 is 65.1 Å². The van der Waals surface area contributed by atoms with Crippen LogP contribution in [-0.2, 0) is 36.8 Å². The lowest BCUT2D eigenvalue weighted by Gasteiger charge is -2.32. The monoisotopic (exact) mass is 663 g/mol. The van der Waals surface area contributed by atoms with Crippen molar-refractivity contribution in [2.75, 3.05) is 18.9 Å². The maximum atomic E-state index is 12.3. The molecule has 0 saturated carbocycles. The normalized spacial score (nSPS) is 33.3. The van der Waals surface area contributed by atoms with Crippen molar-refractivity contribution in [3.8, 4) is 0 Å². The average Bonchev–Trinajstić information content (AvgIpc) is 3.61. The number of carbonyl (C=O) groups is 1. The van der Waals surface area contributed by atoms with Gasteiger partial charge in [-0.1, -0.05) is 6.08 Å². The van der Waals surface area contributed by atoms with E-state index in [-0.39, 0.29) is 29.0 Å². The predicted octanol–water partition coefficient (Wildman–Crippen LogP) is -3.95. The van der Waals surface area contributed by atoms with Gasteiger partial charge in [0, 0.05) is 18.0 Å². The number of allylic oxidation sites excluding steroid dienone is 1. The summed E-state index contributed by atoms with van der Waals surface area (Å²) in [6.45, 7) is -1.97. The molecule has 6 unspecified atom stereocenters. The van der Waals surface area contributed by atoms with Crippen molar-refractivity contribution in [3.05, 3.63) is 36.7 Å². The van der Waals surface area contributed by atoms with Crippen LogP contribution in [0.1, 0.15) is 12.6 Å². The summed E-state index contributed by atoms with van der Waals surface area (Å²) in [5, 5.41) is 41.5. The first-order valence-corrected chi connectivity index (χ1v) is 15.6. The SMILES string of the molecule is NC(=O)C1=CN([C@@H]2O[C@H](COP(=O)([O-])OP(=O)([O-])OC[C@H]3O[C@@H](n4cnc5c(N)ncnc54)C(O)C3O)C(O)C2O)C=CC1. The fourth-order valence-corrected chi connectivity index (χ4v) is 6.68. The second-order valence-corrected chi connectivity index (χ2v) is 12.8. The molecule has 23 heteroatoms. The van der Waals surface area contributed by atoms with Crippen LogP contribution in [0, 0.1) is 0 Å². The van der Waals surface area contributed by atoms with Crippen molar-refractivity contribution < 1.29 is 67.0 Å². The Morgan fingerprint density at radius 1 is 0.977 bits per heavy atom. The van der Waals surface area contributed by atoms with Gasteiger partial charge in [0.25, 0.3) is 15.6 Å². The van der Waals surface area contributed by atoms with E-state index in [1.165, 1.54) is 28.2 Å². The standard InChI is InChI=1S/C21H29N7O14P2/c22-17-12-19(25-7-24-17)28(8-26-12)21-16(32)14(30)11(41-21)6-39-44(36,37)42-43(34,35)38-5-10-13(29)15(31)20(40-10)27-3-1-2-9(4-27)18(23)33/h1,3-4,7-8,10-11,13-16,20-21,29-32H,2,5-6H2,(H2,23,33)(H,34,35)(H,36,37)(H2,22,24,25)/p-2/t10-,11-,13?,14?,15?,16?,20-,21-/m1/s1. The number of ether oxygens (including phenoxy) is 2. The van der Waals surface area contributed by atoms with Crippen molar-refractivity contribution in [2.45, 2.75) is 55.5 Å². The lowest BCUT2D eigenvalue weighted by molar-refractivity contribution is -0.246. The van der Waals surface area contributed by atoms with Gasteiger partial charge >= 0.3 is 0 Å². The quantitative estimate of drug-likeness (QED) is 0.125. The fraction of sp³-hybridized carbons (Fsp3) is 0.524. The average molecular weight is 663 g/mol. The van der Waals surface area contributed by atoms with Gasteiger partial charge in [0.2, 0.25) is 5.91 Å². The minimum absolute atomic E-state index is 0.0375. The zero-order valence-electron chi connectivity index (χ0n) is 22.3. The van der Waals surface area contributed by atoms with Crippen LogP contribution >= 0.6 is 15.6 Å². The number of phosphoric acid groups is 2. The molecule has 2 aromatic heterocycles. The van der Waals surface area contributed by atoms with Gasteiger partial charge in [-0.3, -0.25) is 18.5 Å². The van der Waals surface area contributed by atoms with Crippen LogP contribution in [0.15, 0.2) is 36.7 Å². The molecule has 0 aliphatic carbocycles. The first-order valence-electron chi connectivity index (χ1n) is 12.7. The molecule has 2 fully saturated rings. The summed E-state index contributed by atoms with van der Waals surface area (Å²) in [4.78, 5) is 49.0. The predicted molar refractivity (Wildman–Crippen MR) is 137 cm³/mol. The highest BCUT2D eigenvalue weighted by molar-refractivity contribution is 7.59. The fourth-order valence-electron chi connectivity index (χ4n) is 4.66. The number of imidazole rings is 1. The number of primary amides is 1. The number of nitrogens with zero attached hydrogens (tertiary/aromatic N) is 5. The number of rotatable bonds is 11. The zero-order valence-corrected chi connectivity index (χ0v) is 24.1. The number of carbonyl (C=O) groups excluding carboxylic acids is 1. The molecule has 2 aromatic rings. The summed E-state index contributed by atoms with van der Waals surface area (Å²) in [6, 6.07) is 0. The number of hydrogen-bond donors (Lipinski definition) is 6. The number of anilines is 1. The van der Waals surface area contributed by atoms with E-state index in [1.54, 1.807) is 6.08 Å². The highest BCUT2D eigenvalue weighted by atomic mass is 31.3. The van der Waals surface area contributed by atoms with E-state index >= 15 is 0 Å². The molecule has 2 saturated heterocycles. The Morgan fingerprint density at radius 3 is 2.18 bits per heavy atom. The molecule has 5 rings (SSSR count). The summed E-state index contributed by atoms with van der Waals surface area (Å²) in [7, 11) is -11.4. The second kappa shape index (κ2) is 12.5. The van der Waals surface area contributed by atoms with Crippen LogP contribution in [-0.4, -0.2) is 107 Å². The van der Waals surface area contributed by atoms with E-state index in [4.69, 9.17) is 20.9 Å². The Balaban J connectivity index is 1.15. The van der Waals surface area contributed by atoms with Gasteiger partial charge in [0.1, 0.15) is 48.5 Å². The molecule has 0 bridgehead atoms. The summed E-state index contributed by atoms with van der Waals surface area (Å²) in [6.07, 6.45) is -5.32. The number of aliphatic hydroxyl groups excluding tert-OH is 4. The summed E-state index contributed by atoms with van der Waals surface area (Å²) < 4.78 is 49.9. The Morgan fingerprint density at radius 2 is 1.57 bits per heavy atom. The number of phosphoric ester groups is 2. The molecular weight excluding hydrogens is 636 g/mol. The van der Waals surface area contributed by atoms with Crippen LogP contribution in [0.4, 0.5) is 5.82 Å². The van der Waals surface area contributed by atoms with E-state index < -0.39 is 83.8 Å². The molecule has 0 aromatic carbocycles. The van der Waals surface area contributed by atoms with Gasteiger partial charge in [0.15, 0.2) is 23.9 Å². The van der Waals surface area contributed by atoms with Crippen LogP contribution < -0.4 is 21.3 Å². The van der Waals surface area contributed by atoms with Crippen molar-refractivity contribution in [2.24, 2.45) is 5.73 Å².